The van der Waals surface area contributed by atoms with Crippen molar-refractivity contribution in [1.29, 1.82) is 0 Å². The molecule has 2 rings (SSSR count). The normalized spacial score (nSPS) is 11.9. The molecule has 5 nitrogen and oxygen atoms in total. The molecule has 0 unspecified atom stereocenters. The summed E-state index contributed by atoms with van der Waals surface area (Å²) in [5, 5.41) is 3.95. The number of hydrogen-bond donors (Lipinski definition) is 0. The Morgan fingerprint density at radius 3 is 2.56 bits per heavy atom. The van der Waals surface area contributed by atoms with Gasteiger partial charge in [-0.15, -0.1) is 0 Å². The topological polar surface area (TPSA) is 69.0 Å². The van der Waals surface area contributed by atoms with Crippen LogP contribution >= 0.6 is 0 Å². The summed E-state index contributed by atoms with van der Waals surface area (Å²) in [6, 6.07) is 5.35. The van der Waals surface area contributed by atoms with Gasteiger partial charge in [0, 0.05) is 12.8 Å². The number of benzene rings is 1. The van der Waals surface area contributed by atoms with Gasteiger partial charge < -0.3 is 0 Å². The molecule has 0 aliphatic rings. The van der Waals surface area contributed by atoms with E-state index in [1.165, 1.54) is 4.68 Å². The highest BCUT2D eigenvalue weighted by atomic mass is 32.2. The van der Waals surface area contributed by atoms with Crippen LogP contribution in [0.2, 0.25) is 0 Å². The lowest BCUT2D eigenvalue weighted by Gasteiger charge is -2.09. The van der Waals surface area contributed by atoms with Gasteiger partial charge in [0.25, 0.3) is 0 Å². The maximum absolute atomic E-state index is 12.1. The van der Waals surface area contributed by atoms with Gasteiger partial charge in [0.15, 0.2) is 9.84 Å². The Kier molecular flexibility index (Phi) is 2.98. The molecule has 2 aromatic rings. The molecule has 1 heterocycles. The van der Waals surface area contributed by atoms with Crippen LogP contribution in [0.5, 0.6) is 0 Å². The van der Waals surface area contributed by atoms with Crippen molar-refractivity contribution in [2.24, 2.45) is 0 Å². The maximum atomic E-state index is 12.1. The summed E-state index contributed by atoms with van der Waals surface area (Å²) in [6.45, 7) is 4.21. The molecule has 0 saturated heterocycles. The molecule has 0 atom stereocenters. The van der Waals surface area contributed by atoms with Crippen LogP contribution in [-0.2, 0) is 16.4 Å². The van der Waals surface area contributed by atoms with Gasteiger partial charge in [0.2, 0.25) is 10.5 Å². The molecule has 96 valence electrons. The summed E-state index contributed by atoms with van der Waals surface area (Å²) in [6.07, 6.45) is 0.998. The van der Waals surface area contributed by atoms with Crippen molar-refractivity contribution < 1.29 is 8.42 Å². The fourth-order valence-corrected chi connectivity index (χ4v) is 2.56. The molecule has 0 amide bonds. The number of rotatable bonds is 2. The number of sulfone groups is 1. The average Bonchev–Trinajstić information content (AvgIpc) is 2.28. The second-order valence-corrected chi connectivity index (χ2v) is 6.17. The Morgan fingerprint density at radius 1 is 1.33 bits per heavy atom. The third-order valence-electron chi connectivity index (χ3n) is 2.73. The van der Waals surface area contributed by atoms with Crippen molar-refractivity contribution in [3.05, 3.63) is 34.0 Å². The number of fused-ring (bicyclic) bond motifs is 1. The second kappa shape index (κ2) is 4.20. The van der Waals surface area contributed by atoms with Gasteiger partial charge in [-0.1, -0.05) is 11.6 Å². The molecule has 0 aliphatic heterocycles. The number of aryl methyl sites for hydroxylation is 2. The van der Waals surface area contributed by atoms with Crippen molar-refractivity contribution in [2.45, 2.75) is 25.4 Å². The van der Waals surface area contributed by atoms with Crippen molar-refractivity contribution >= 4 is 20.7 Å². The Bertz CT molecular complexity index is 776. The molecule has 0 fully saturated rings. The SMILES string of the molecule is CCn1nc(S(C)(=O)=O)c(=O)c2cc(C)ccc21. The summed E-state index contributed by atoms with van der Waals surface area (Å²) in [5.41, 5.74) is 1.04. The van der Waals surface area contributed by atoms with Crippen LogP contribution in [0, 0.1) is 6.92 Å². The Labute approximate surface area is 105 Å². The lowest BCUT2D eigenvalue weighted by Crippen LogP contribution is -2.22. The summed E-state index contributed by atoms with van der Waals surface area (Å²) >= 11 is 0. The van der Waals surface area contributed by atoms with Crippen LogP contribution in [0.25, 0.3) is 10.9 Å². The van der Waals surface area contributed by atoms with Gasteiger partial charge in [0.05, 0.1) is 10.9 Å². The van der Waals surface area contributed by atoms with E-state index in [0.29, 0.717) is 17.4 Å². The fraction of sp³-hybridized carbons (Fsp3) is 0.333. The molecule has 0 bridgehead atoms. The molecule has 1 aromatic carbocycles. The number of aromatic nitrogens is 2. The largest absolute Gasteiger partial charge is 0.286 e. The predicted molar refractivity (Wildman–Crippen MR) is 69.5 cm³/mol. The molecule has 1 aromatic heterocycles. The molecule has 0 spiro atoms. The summed E-state index contributed by atoms with van der Waals surface area (Å²) < 4.78 is 24.7. The summed E-state index contributed by atoms with van der Waals surface area (Å²) in [4.78, 5) is 12.1. The van der Waals surface area contributed by atoms with Gasteiger partial charge in [-0.2, -0.15) is 5.10 Å². The lowest BCUT2D eigenvalue weighted by atomic mass is 10.1. The highest BCUT2D eigenvalue weighted by Crippen LogP contribution is 2.13. The molecule has 0 aliphatic carbocycles. The van der Waals surface area contributed by atoms with Crippen molar-refractivity contribution in [3.63, 3.8) is 0 Å². The van der Waals surface area contributed by atoms with E-state index in [0.717, 1.165) is 11.8 Å². The Hall–Kier alpha value is -1.69. The van der Waals surface area contributed by atoms with E-state index in [-0.39, 0.29) is 5.03 Å². The van der Waals surface area contributed by atoms with Crippen LogP contribution in [0.15, 0.2) is 28.0 Å². The molecule has 18 heavy (non-hydrogen) atoms. The van der Waals surface area contributed by atoms with Gasteiger partial charge in [0.1, 0.15) is 0 Å². The van der Waals surface area contributed by atoms with Crippen LogP contribution in [0.4, 0.5) is 0 Å². The van der Waals surface area contributed by atoms with Crippen molar-refractivity contribution in [1.82, 2.24) is 9.78 Å². The first-order valence-corrected chi connectivity index (χ1v) is 7.45. The van der Waals surface area contributed by atoms with Gasteiger partial charge in [-0.25, -0.2) is 8.42 Å². The van der Waals surface area contributed by atoms with E-state index < -0.39 is 15.3 Å². The van der Waals surface area contributed by atoms with Gasteiger partial charge in [-0.05, 0) is 26.0 Å². The molecule has 6 heteroatoms. The summed E-state index contributed by atoms with van der Waals surface area (Å²) in [5.74, 6) is 0. The third kappa shape index (κ3) is 2.03. The van der Waals surface area contributed by atoms with E-state index >= 15 is 0 Å². The third-order valence-corrected chi connectivity index (χ3v) is 3.70. The minimum absolute atomic E-state index is 0.387. The van der Waals surface area contributed by atoms with E-state index in [1.54, 1.807) is 12.1 Å². The zero-order chi connectivity index (χ0) is 13.5. The highest BCUT2D eigenvalue weighted by molar-refractivity contribution is 7.90. The van der Waals surface area contributed by atoms with Crippen LogP contribution < -0.4 is 5.43 Å². The quantitative estimate of drug-likeness (QED) is 0.817. The Balaban J connectivity index is 3.03. The number of hydrogen-bond acceptors (Lipinski definition) is 4. The zero-order valence-corrected chi connectivity index (χ0v) is 11.3. The maximum Gasteiger partial charge on any atom is 0.227 e. The zero-order valence-electron chi connectivity index (χ0n) is 10.5. The smallest absolute Gasteiger partial charge is 0.227 e. The monoisotopic (exact) mass is 266 g/mol. The lowest BCUT2D eigenvalue weighted by molar-refractivity contribution is 0.579. The van der Waals surface area contributed by atoms with E-state index in [2.05, 4.69) is 5.10 Å². The van der Waals surface area contributed by atoms with E-state index in [4.69, 9.17) is 0 Å². The molecule has 0 radical (unpaired) electrons. The van der Waals surface area contributed by atoms with Crippen molar-refractivity contribution in [3.8, 4) is 0 Å². The van der Waals surface area contributed by atoms with Crippen LogP contribution in [-0.4, -0.2) is 24.5 Å². The predicted octanol–water partition coefficient (Wildman–Crippen LogP) is 1.13. The van der Waals surface area contributed by atoms with Gasteiger partial charge in [-0.3, -0.25) is 9.48 Å². The first kappa shape index (κ1) is 12.8. The average molecular weight is 266 g/mol. The minimum atomic E-state index is -3.61. The fourth-order valence-electron chi connectivity index (χ4n) is 1.86. The van der Waals surface area contributed by atoms with E-state index in [1.807, 2.05) is 19.9 Å². The first-order chi connectivity index (χ1) is 8.34. The van der Waals surface area contributed by atoms with Gasteiger partial charge >= 0.3 is 0 Å². The van der Waals surface area contributed by atoms with Crippen LogP contribution in [0.1, 0.15) is 12.5 Å². The minimum Gasteiger partial charge on any atom is -0.286 e. The number of nitrogens with zero attached hydrogens (tertiary/aromatic N) is 2. The summed E-state index contributed by atoms with van der Waals surface area (Å²) in [7, 11) is -3.61. The molecular weight excluding hydrogens is 252 g/mol. The van der Waals surface area contributed by atoms with Crippen LogP contribution in [0.3, 0.4) is 0 Å². The second-order valence-electron chi connectivity index (χ2n) is 4.24. The highest BCUT2D eigenvalue weighted by Gasteiger charge is 2.18. The Morgan fingerprint density at radius 2 is 2.00 bits per heavy atom. The van der Waals surface area contributed by atoms with E-state index in [9.17, 15) is 13.2 Å². The standard InChI is InChI=1S/C12H14N2O3S/c1-4-14-10-6-5-8(2)7-9(10)11(15)12(13-14)18(3,16)17/h5-7H,4H2,1-3H3. The molecule has 0 saturated carbocycles. The molecular formula is C12H14N2O3S. The first-order valence-electron chi connectivity index (χ1n) is 5.56. The molecule has 0 N–H and O–H groups in total. The van der Waals surface area contributed by atoms with Crippen molar-refractivity contribution in [2.75, 3.05) is 6.26 Å².